The highest BCUT2D eigenvalue weighted by molar-refractivity contribution is 5.97. The van der Waals surface area contributed by atoms with Gasteiger partial charge in [0.1, 0.15) is 24.4 Å². The molecule has 3 aromatic carbocycles. The van der Waals surface area contributed by atoms with Crippen molar-refractivity contribution in [3.05, 3.63) is 84.2 Å². The number of hydrogen-bond donors (Lipinski definition) is 1. The van der Waals surface area contributed by atoms with Gasteiger partial charge >= 0.3 is 6.36 Å². The van der Waals surface area contributed by atoms with E-state index in [1.165, 1.54) is 43.5 Å². The number of aromatic nitrogens is 2. The molecular formula is C29H29F3N4O3. The van der Waals surface area contributed by atoms with Crippen LogP contribution in [0.15, 0.2) is 73.1 Å². The summed E-state index contributed by atoms with van der Waals surface area (Å²) < 4.78 is 48.7. The zero-order chi connectivity index (χ0) is 27.2. The van der Waals surface area contributed by atoms with Crippen LogP contribution in [0.1, 0.15) is 35.2 Å². The number of nitrogens with zero attached hydrogens (tertiary/aromatic N) is 3. The Hall–Kier alpha value is -4.05. The Bertz CT molecular complexity index is 1410. The van der Waals surface area contributed by atoms with Crippen LogP contribution < -0.4 is 14.8 Å². The average Bonchev–Trinajstić information content (AvgIpc) is 3.36. The first-order chi connectivity index (χ1) is 18.8. The van der Waals surface area contributed by atoms with Gasteiger partial charge in [0.25, 0.3) is 5.91 Å². The lowest BCUT2D eigenvalue weighted by Crippen LogP contribution is -2.37. The summed E-state index contributed by atoms with van der Waals surface area (Å²) in [5, 5.41) is 3.01. The van der Waals surface area contributed by atoms with E-state index in [0.29, 0.717) is 28.9 Å². The molecule has 1 aliphatic heterocycles. The smallest absolute Gasteiger partial charge is 0.489 e. The molecule has 1 N–H and O–H groups in total. The summed E-state index contributed by atoms with van der Waals surface area (Å²) in [6.45, 7) is 3.85. The van der Waals surface area contributed by atoms with Crippen molar-refractivity contribution in [3.63, 3.8) is 0 Å². The zero-order valence-corrected chi connectivity index (χ0v) is 21.3. The van der Waals surface area contributed by atoms with Gasteiger partial charge in [0.2, 0.25) is 0 Å². The van der Waals surface area contributed by atoms with E-state index in [4.69, 9.17) is 4.74 Å². The largest absolute Gasteiger partial charge is 0.573 e. The Kier molecular flexibility index (Phi) is 8.02. The van der Waals surface area contributed by atoms with Crippen LogP contribution >= 0.6 is 0 Å². The quantitative estimate of drug-likeness (QED) is 0.295. The fourth-order valence-electron chi connectivity index (χ4n) is 4.65. The number of nitrogens with one attached hydrogen (secondary N) is 1. The first kappa shape index (κ1) is 26.6. The second-order valence-electron chi connectivity index (χ2n) is 9.45. The Morgan fingerprint density at radius 3 is 2.51 bits per heavy atom. The predicted octanol–water partition coefficient (Wildman–Crippen LogP) is 5.72. The van der Waals surface area contributed by atoms with Gasteiger partial charge < -0.3 is 19.7 Å². The van der Waals surface area contributed by atoms with E-state index >= 15 is 0 Å². The van der Waals surface area contributed by atoms with Crippen LogP contribution in [-0.4, -0.2) is 52.9 Å². The van der Waals surface area contributed by atoms with Crippen molar-refractivity contribution in [3.8, 4) is 17.2 Å². The molecule has 1 amide bonds. The monoisotopic (exact) mass is 538 g/mol. The number of fused-ring (bicyclic) bond motifs is 1. The van der Waals surface area contributed by atoms with Gasteiger partial charge in [-0.3, -0.25) is 9.36 Å². The molecule has 0 bridgehead atoms. The molecule has 1 saturated heterocycles. The third-order valence-corrected chi connectivity index (χ3v) is 6.63. The molecule has 1 aromatic heterocycles. The van der Waals surface area contributed by atoms with Crippen LogP contribution in [0.2, 0.25) is 0 Å². The molecule has 39 heavy (non-hydrogen) atoms. The van der Waals surface area contributed by atoms with E-state index in [9.17, 15) is 18.0 Å². The van der Waals surface area contributed by atoms with Crippen molar-refractivity contribution in [2.24, 2.45) is 0 Å². The third-order valence-electron chi connectivity index (χ3n) is 6.63. The van der Waals surface area contributed by atoms with Crippen LogP contribution in [0.4, 0.5) is 13.2 Å². The molecule has 7 nitrogen and oxygen atoms in total. The molecule has 0 aliphatic carbocycles. The van der Waals surface area contributed by atoms with Crippen molar-refractivity contribution in [2.75, 3.05) is 26.2 Å². The number of benzene rings is 3. The lowest BCUT2D eigenvalue weighted by atomic mass is 10.1. The summed E-state index contributed by atoms with van der Waals surface area (Å²) in [6.07, 6.45) is 0.701. The van der Waals surface area contributed by atoms with Gasteiger partial charge in [0, 0.05) is 24.7 Å². The maximum atomic E-state index is 12.7. The normalized spacial score (nSPS) is 14.3. The number of carbonyl (C=O) groups is 1. The number of rotatable bonds is 9. The number of likely N-dealkylation sites (tertiary alicyclic amines) is 1. The van der Waals surface area contributed by atoms with E-state index in [0.717, 1.165) is 30.8 Å². The summed E-state index contributed by atoms with van der Waals surface area (Å²) in [5.41, 5.74) is 3.63. The number of ether oxygens (including phenoxy) is 2. The van der Waals surface area contributed by atoms with Gasteiger partial charge in [-0.1, -0.05) is 24.6 Å². The van der Waals surface area contributed by atoms with Crippen molar-refractivity contribution in [2.45, 2.75) is 32.2 Å². The molecule has 0 saturated carbocycles. The lowest BCUT2D eigenvalue weighted by Gasteiger charge is -2.26. The minimum atomic E-state index is -4.73. The Balaban J connectivity index is 1.20. The summed E-state index contributed by atoms with van der Waals surface area (Å²) in [7, 11) is 0. The van der Waals surface area contributed by atoms with Gasteiger partial charge in [0.05, 0.1) is 16.7 Å². The predicted molar refractivity (Wildman–Crippen MR) is 141 cm³/mol. The highest BCUT2D eigenvalue weighted by atomic mass is 19.4. The SMILES string of the molecule is O=C(NCCN1CCCCC1)c1ccc2c(c1)ncn2-c1cccc(OCc2ccc(OC(F)(F)F)cc2)c1. The van der Waals surface area contributed by atoms with E-state index in [1.54, 1.807) is 24.5 Å². The maximum Gasteiger partial charge on any atom is 0.573 e. The van der Waals surface area contributed by atoms with Crippen molar-refractivity contribution in [1.29, 1.82) is 0 Å². The number of hydrogen-bond acceptors (Lipinski definition) is 5. The van der Waals surface area contributed by atoms with Crippen LogP contribution in [-0.2, 0) is 6.61 Å². The summed E-state index contributed by atoms with van der Waals surface area (Å²) in [6, 6.07) is 18.4. The van der Waals surface area contributed by atoms with E-state index in [2.05, 4.69) is 19.9 Å². The fourth-order valence-corrected chi connectivity index (χ4v) is 4.65. The molecule has 1 fully saturated rings. The molecule has 10 heteroatoms. The third kappa shape index (κ3) is 7.08. The molecule has 0 spiro atoms. The highest BCUT2D eigenvalue weighted by Crippen LogP contribution is 2.25. The topological polar surface area (TPSA) is 68.6 Å². The molecule has 0 radical (unpaired) electrons. The fraction of sp³-hybridized carbons (Fsp3) is 0.310. The van der Waals surface area contributed by atoms with Gasteiger partial charge in [-0.05, 0) is 74.0 Å². The first-order valence-corrected chi connectivity index (χ1v) is 12.9. The van der Waals surface area contributed by atoms with Crippen LogP contribution in [0.5, 0.6) is 11.5 Å². The van der Waals surface area contributed by atoms with Crippen LogP contribution in [0.25, 0.3) is 16.7 Å². The molecule has 0 unspecified atom stereocenters. The number of halogens is 3. The number of carbonyl (C=O) groups excluding carboxylic acids is 1. The molecule has 1 aliphatic rings. The Labute approximate surface area is 224 Å². The van der Waals surface area contributed by atoms with Gasteiger partial charge in [-0.15, -0.1) is 13.2 Å². The number of piperidine rings is 1. The minimum Gasteiger partial charge on any atom is -0.489 e. The standard InChI is InChI=1S/C29H29F3N4O3/c30-29(31,32)39-24-10-7-21(8-11-24)19-38-25-6-4-5-23(18-25)36-20-34-26-17-22(9-12-27(26)36)28(37)33-13-16-35-14-2-1-3-15-35/h4-12,17-18,20H,1-3,13-16,19H2,(H,33,37). The number of alkyl halides is 3. The number of imidazole rings is 1. The summed E-state index contributed by atoms with van der Waals surface area (Å²) >= 11 is 0. The molecule has 204 valence electrons. The van der Waals surface area contributed by atoms with Crippen molar-refractivity contribution in [1.82, 2.24) is 19.8 Å². The van der Waals surface area contributed by atoms with Crippen molar-refractivity contribution >= 4 is 16.9 Å². The first-order valence-electron chi connectivity index (χ1n) is 12.9. The molecule has 0 atom stereocenters. The van der Waals surface area contributed by atoms with E-state index in [-0.39, 0.29) is 18.3 Å². The van der Waals surface area contributed by atoms with E-state index in [1.807, 2.05) is 28.8 Å². The number of amides is 1. The van der Waals surface area contributed by atoms with Gasteiger partial charge in [0.15, 0.2) is 0 Å². The van der Waals surface area contributed by atoms with Gasteiger partial charge in [-0.2, -0.15) is 0 Å². The maximum absolute atomic E-state index is 12.7. The van der Waals surface area contributed by atoms with Gasteiger partial charge in [-0.25, -0.2) is 4.98 Å². The highest BCUT2D eigenvalue weighted by Gasteiger charge is 2.30. The van der Waals surface area contributed by atoms with E-state index < -0.39 is 6.36 Å². The second-order valence-corrected chi connectivity index (χ2v) is 9.45. The lowest BCUT2D eigenvalue weighted by molar-refractivity contribution is -0.274. The average molecular weight is 539 g/mol. The Morgan fingerprint density at radius 1 is 0.949 bits per heavy atom. The molecular weight excluding hydrogens is 509 g/mol. The summed E-state index contributed by atoms with van der Waals surface area (Å²) in [4.78, 5) is 19.6. The minimum absolute atomic E-state index is 0.114. The Morgan fingerprint density at radius 2 is 1.74 bits per heavy atom. The zero-order valence-electron chi connectivity index (χ0n) is 21.3. The summed E-state index contributed by atoms with van der Waals surface area (Å²) in [5.74, 6) is 0.199. The van der Waals surface area contributed by atoms with Crippen molar-refractivity contribution < 1.29 is 27.4 Å². The van der Waals surface area contributed by atoms with Crippen LogP contribution in [0, 0.1) is 0 Å². The molecule has 4 aromatic rings. The van der Waals surface area contributed by atoms with Crippen LogP contribution in [0.3, 0.4) is 0 Å². The molecule has 5 rings (SSSR count). The molecule has 2 heterocycles. The second kappa shape index (κ2) is 11.8.